The molecule has 108 valence electrons. The van der Waals surface area contributed by atoms with Crippen molar-refractivity contribution >= 4 is 40.9 Å². The van der Waals surface area contributed by atoms with Gasteiger partial charge in [0.2, 0.25) is 5.91 Å². The highest BCUT2D eigenvalue weighted by atomic mass is 35.5. The number of amides is 1. The fourth-order valence-electron chi connectivity index (χ4n) is 1.24. The zero-order valence-corrected chi connectivity index (χ0v) is 11.9. The zero-order chi connectivity index (χ0) is 15.3. The summed E-state index contributed by atoms with van der Waals surface area (Å²) in [5, 5.41) is 22.0. The molecule has 9 heteroatoms. The third kappa shape index (κ3) is 4.71. The van der Waals surface area contributed by atoms with Crippen molar-refractivity contribution in [3.05, 3.63) is 33.3 Å². The van der Waals surface area contributed by atoms with Gasteiger partial charge in [0.1, 0.15) is 6.04 Å². The molecule has 1 atom stereocenters. The van der Waals surface area contributed by atoms with Crippen LogP contribution in [0.2, 0.25) is 5.02 Å². The lowest BCUT2D eigenvalue weighted by molar-refractivity contribution is -0.387. The molecule has 20 heavy (non-hydrogen) atoms. The molecule has 1 rings (SSSR count). The third-order valence-electron chi connectivity index (χ3n) is 2.22. The molecule has 0 aliphatic heterocycles. The lowest BCUT2D eigenvalue weighted by Gasteiger charge is -2.09. The molecule has 7 nitrogen and oxygen atoms in total. The van der Waals surface area contributed by atoms with Crippen LogP contribution in [0.5, 0.6) is 0 Å². The monoisotopic (exact) mass is 318 g/mol. The lowest BCUT2D eigenvalue weighted by atomic mass is 10.3. The Morgan fingerprint density at radius 2 is 2.20 bits per heavy atom. The fraction of sp³-hybridized carbons (Fsp3) is 0.273. The summed E-state index contributed by atoms with van der Waals surface area (Å²) in [4.78, 5) is 32.6. The first-order chi connectivity index (χ1) is 9.31. The molecule has 0 heterocycles. The number of carboxylic acid groups (broad SMARTS) is 1. The molecule has 0 aromatic heterocycles. The van der Waals surface area contributed by atoms with E-state index in [1.165, 1.54) is 25.1 Å². The quantitative estimate of drug-likeness (QED) is 0.471. The first-order valence-corrected chi connectivity index (χ1v) is 6.76. The summed E-state index contributed by atoms with van der Waals surface area (Å²) in [7, 11) is 0. The number of thioether (sulfide) groups is 1. The summed E-state index contributed by atoms with van der Waals surface area (Å²) in [6, 6.07) is 3.11. The maximum atomic E-state index is 11.5. The normalized spacial score (nSPS) is 11.7. The molecule has 0 aliphatic rings. The Kier molecular flexibility index (Phi) is 5.78. The number of nitro benzene ring substituents is 1. The summed E-state index contributed by atoms with van der Waals surface area (Å²) >= 11 is 6.61. The van der Waals surface area contributed by atoms with Crippen LogP contribution in [0, 0.1) is 10.1 Å². The number of halogens is 1. The van der Waals surface area contributed by atoms with Crippen molar-refractivity contribution in [2.45, 2.75) is 17.9 Å². The van der Waals surface area contributed by atoms with Crippen LogP contribution in [0.25, 0.3) is 0 Å². The van der Waals surface area contributed by atoms with Gasteiger partial charge in [0.25, 0.3) is 5.69 Å². The number of nitrogens with zero attached hydrogens (tertiary/aromatic N) is 1. The number of nitro groups is 1. The van der Waals surface area contributed by atoms with E-state index in [9.17, 15) is 19.7 Å². The van der Waals surface area contributed by atoms with Crippen molar-refractivity contribution in [3.8, 4) is 0 Å². The molecule has 0 radical (unpaired) electrons. The summed E-state index contributed by atoms with van der Waals surface area (Å²) in [5.74, 6) is -1.80. The Balaban J connectivity index is 2.68. The standard InChI is InChI=1S/C11H11ClN2O5S/c1-6(11(16)17)13-10(15)5-20-9-3-2-7(12)4-8(9)14(18)19/h2-4,6H,5H2,1H3,(H,13,15)(H,16,17)/t6-/m0/s1. The van der Waals surface area contributed by atoms with Crippen molar-refractivity contribution < 1.29 is 19.6 Å². The van der Waals surface area contributed by atoms with Crippen molar-refractivity contribution in [2.75, 3.05) is 5.75 Å². The van der Waals surface area contributed by atoms with E-state index in [1.54, 1.807) is 0 Å². The highest BCUT2D eigenvalue weighted by Crippen LogP contribution is 2.31. The SMILES string of the molecule is C[C@H](NC(=O)CSc1ccc(Cl)cc1[N+](=O)[O-])C(=O)O. The van der Waals surface area contributed by atoms with Gasteiger partial charge in [0.05, 0.1) is 15.6 Å². The molecule has 0 spiro atoms. The minimum Gasteiger partial charge on any atom is -0.480 e. The van der Waals surface area contributed by atoms with E-state index in [0.717, 1.165) is 11.8 Å². The van der Waals surface area contributed by atoms with E-state index in [1.807, 2.05) is 0 Å². The van der Waals surface area contributed by atoms with Gasteiger partial charge in [0.15, 0.2) is 0 Å². The molecular weight excluding hydrogens is 308 g/mol. The Morgan fingerprint density at radius 1 is 1.55 bits per heavy atom. The molecule has 0 fully saturated rings. The van der Waals surface area contributed by atoms with E-state index in [2.05, 4.69) is 5.32 Å². The zero-order valence-electron chi connectivity index (χ0n) is 10.3. The summed E-state index contributed by atoms with van der Waals surface area (Å²) in [6.45, 7) is 1.33. The summed E-state index contributed by atoms with van der Waals surface area (Å²) in [5.41, 5.74) is -0.193. The third-order valence-corrected chi connectivity index (χ3v) is 3.52. The number of nitrogens with one attached hydrogen (secondary N) is 1. The van der Waals surface area contributed by atoms with Crippen LogP contribution < -0.4 is 5.32 Å². The minimum atomic E-state index is -1.15. The summed E-state index contributed by atoms with van der Waals surface area (Å²) in [6.07, 6.45) is 0. The van der Waals surface area contributed by atoms with Crippen LogP contribution in [0.4, 0.5) is 5.69 Å². The molecule has 2 N–H and O–H groups in total. The molecule has 0 unspecified atom stereocenters. The number of aliphatic carboxylic acids is 1. The van der Waals surface area contributed by atoms with Gasteiger partial charge < -0.3 is 10.4 Å². The van der Waals surface area contributed by atoms with Crippen LogP contribution in [0.3, 0.4) is 0 Å². The van der Waals surface area contributed by atoms with Crippen LogP contribution in [-0.4, -0.2) is 33.7 Å². The van der Waals surface area contributed by atoms with Gasteiger partial charge in [-0.25, -0.2) is 0 Å². The fourth-order valence-corrected chi connectivity index (χ4v) is 2.23. The average molecular weight is 319 g/mol. The van der Waals surface area contributed by atoms with Crippen LogP contribution in [0.1, 0.15) is 6.92 Å². The molecule has 0 saturated heterocycles. The first kappa shape index (κ1) is 16.3. The van der Waals surface area contributed by atoms with Crippen LogP contribution in [0.15, 0.2) is 23.1 Å². The second kappa shape index (κ2) is 7.11. The maximum Gasteiger partial charge on any atom is 0.325 e. The second-order valence-electron chi connectivity index (χ2n) is 3.79. The smallest absolute Gasteiger partial charge is 0.325 e. The number of carboxylic acids is 1. The van der Waals surface area contributed by atoms with Gasteiger partial charge >= 0.3 is 5.97 Å². The molecule has 1 amide bonds. The second-order valence-corrected chi connectivity index (χ2v) is 5.24. The Morgan fingerprint density at radius 3 is 2.75 bits per heavy atom. The molecule has 0 saturated carbocycles. The van der Waals surface area contributed by atoms with Crippen LogP contribution in [-0.2, 0) is 9.59 Å². The van der Waals surface area contributed by atoms with Crippen molar-refractivity contribution in [3.63, 3.8) is 0 Å². The first-order valence-electron chi connectivity index (χ1n) is 5.40. The molecular formula is C11H11ClN2O5S. The largest absolute Gasteiger partial charge is 0.480 e. The summed E-state index contributed by atoms with van der Waals surface area (Å²) < 4.78 is 0. The Labute approximate surface area is 123 Å². The predicted molar refractivity (Wildman–Crippen MR) is 74.1 cm³/mol. The van der Waals surface area contributed by atoms with Gasteiger partial charge in [-0.3, -0.25) is 19.7 Å². The number of carbonyl (C=O) groups is 2. The maximum absolute atomic E-state index is 11.5. The number of hydrogen-bond donors (Lipinski definition) is 2. The van der Waals surface area contributed by atoms with Crippen molar-refractivity contribution in [1.29, 1.82) is 0 Å². The average Bonchev–Trinajstić information content (AvgIpc) is 2.36. The Bertz CT molecular complexity index is 552. The van der Waals surface area contributed by atoms with Gasteiger partial charge in [-0.15, -0.1) is 11.8 Å². The van der Waals surface area contributed by atoms with E-state index >= 15 is 0 Å². The minimum absolute atomic E-state index is 0.125. The number of rotatable bonds is 6. The van der Waals surface area contributed by atoms with Gasteiger partial charge in [-0.2, -0.15) is 0 Å². The van der Waals surface area contributed by atoms with Crippen molar-refractivity contribution in [2.24, 2.45) is 0 Å². The number of benzene rings is 1. The van der Waals surface area contributed by atoms with Crippen LogP contribution >= 0.6 is 23.4 Å². The predicted octanol–water partition coefficient (Wildman–Crippen LogP) is 1.93. The molecule has 1 aromatic rings. The van der Waals surface area contributed by atoms with Gasteiger partial charge in [-0.1, -0.05) is 11.6 Å². The van der Waals surface area contributed by atoms with E-state index in [4.69, 9.17) is 16.7 Å². The van der Waals surface area contributed by atoms with E-state index in [-0.39, 0.29) is 21.4 Å². The van der Waals surface area contributed by atoms with Crippen molar-refractivity contribution in [1.82, 2.24) is 5.32 Å². The number of hydrogen-bond acceptors (Lipinski definition) is 5. The molecule has 0 aliphatic carbocycles. The molecule has 1 aromatic carbocycles. The highest BCUT2D eigenvalue weighted by Gasteiger charge is 2.18. The molecule has 0 bridgehead atoms. The lowest BCUT2D eigenvalue weighted by Crippen LogP contribution is -2.39. The van der Waals surface area contributed by atoms with Gasteiger partial charge in [-0.05, 0) is 19.1 Å². The Hall–Kier alpha value is -1.80. The number of carbonyl (C=O) groups excluding carboxylic acids is 1. The van der Waals surface area contributed by atoms with Gasteiger partial charge in [0, 0.05) is 11.1 Å². The highest BCUT2D eigenvalue weighted by molar-refractivity contribution is 8.00. The van der Waals surface area contributed by atoms with E-state index < -0.39 is 22.8 Å². The van der Waals surface area contributed by atoms with E-state index in [0.29, 0.717) is 0 Å². The topological polar surface area (TPSA) is 110 Å².